The van der Waals surface area contributed by atoms with Crippen molar-refractivity contribution in [3.63, 3.8) is 0 Å². The molecule has 0 radical (unpaired) electrons. The Morgan fingerprint density at radius 2 is 2.05 bits per heavy atom. The number of thioether (sulfide) groups is 1. The highest BCUT2D eigenvalue weighted by Gasteiger charge is 2.35. The molecule has 6 heteroatoms. The third kappa shape index (κ3) is 3.78. The molecular formula is C13H24N2O3S. The molecule has 2 amide bonds. The third-order valence-corrected chi connectivity index (χ3v) is 5.67. The zero-order valence-corrected chi connectivity index (χ0v) is 12.8. The van der Waals surface area contributed by atoms with Crippen LogP contribution in [-0.2, 0) is 4.79 Å². The quantitative estimate of drug-likeness (QED) is 0.786. The van der Waals surface area contributed by atoms with Gasteiger partial charge in [0.05, 0.1) is 0 Å². The molecule has 1 atom stereocenters. The van der Waals surface area contributed by atoms with Crippen LogP contribution in [0.2, 0.25) is 0 Å². The molecule has 0 saturated carbocycles. The lowest BCUT2D eigenvalue weighted by atomic mass is 10.0. The highest BCUT2D eigenvalue weighted by atomic mass is 32.2. The van der Waals surface area contributed by atoms with Crippen LogP contribution in [0.5, 0.6) is 0 Å². The lowest BCUT2D eigenvalue weighted by Crippen LogP contribution is -2.49. The van der Waals surface area contributed by atoms with E-state index in [0.29, 0.717) is 19.5 Å². The molecule has 1 aliphatic rings. The average molecular weight is 288 g/mol. The Hall–Kier alpha value is -0.910. The van der Waals surface area contributed by atoms with Crippen LogP contribution < -0.4 is 5.32 Å². The molecule has 2 N–H and O–H groups in total. The number of carboxylic acids is 1. The van der Waals surface area contributed by atoms with Crippen molar-refractivity contribution in [2.24, 2.45) is 0 Å². The summed E-state index contributed by atoms with van der Waals surface area (Å²) in [6.45, 7) is 5.35. The zero-order chi connectivity index (χ0) is 14.5. The summed E-state index contributed by atoms with van der Waals surface area (Å²) in [7, 11) is 0. The fraction of sp³-hybridized carbons (Fsp3) is 0.846. The first-order valence-electron chi connectivity index (χ1n) is 6.82. The molecule has 1 heterocycles. The smallest absolute Gasteiger partial charge is 0.326 e. The predicted molar refractivity (Wildman–Crippen MR) is 77.6 cm³/mol. The van der Waals surface area contributed by atoms with E-state index in [2.05, 4.69) is 25.4 Å². The van der Waals surface area contributed by atoms with Gasteiger partial charge in [0.2, 0.25) is 0 Å². The standard InChI is InChI=1S/C13H24N2O3S/c1-4-13(5-2,19-3)9-14-12(18)15-8-6-7-10(15)11(16)17/h10H,4-9H2,1-3H3,(H,14,18)(H,16,17). The Labute approximate surface area is 119 Å². The number of carbonyl (C=O) groups excluding carboxylic acids is 1. The van der Waals surface area contributed by atoms with E-state index in [1.54, 1.807) is 11.8 Å². The minimum absolute atomic E-state index is 0.0497. The van der Waals surface area contributed by atoms with Crippen LogP contribution >= 0.6 is 11.8 Å². The lowest BCUT2D eigenvalue weighted by Gasteiger charge is -2.31. The van der Waals surface area contributed by atoms with Crippen molar-refractivity contribution in [3.05, 3.63) is 0 Å². The van der Waals surface area contributed by atoms with Gasteiger partial charge in [0.25, 0.3) is 0 Å². The Balaban J connectivity index is 2.57. The molecule has 0 aromatic heterocycles. The first-order chi connectivity index (χ1) is 8.99. The Morgan fingerprint density at radius 3 is 2.53 bits per heavy atom. The average Bonchev–Trinajstić information content (AvgIpc) is 2.90. The molecule has 1 rings (SSSR count). The summed E-state index contributed by atoms with van der Waals surface area (Å²) in [4.78, 5) is 24.6. The summed E-state index contributed by atoms with van der Waals surface area (Å²) in [6.07, 6.45) is 5.33. The highest BCUT2D eigenvalue weighted by molar-refractivity contribution is 8.00. The van der Waals surface area contributed by atoms with Crippen molar-refractivity contribution < 1.29 is 14.7 Å². The number of amides is 2. The molecule has 0 aliphatic carbocycles. The summed E-state index contributed by atoms with van der Waals surface area (Å²) in [5.74, 6) is -0.908. The zero-order valence-electron chi connectivity index (χ0n) is 11.9. The number of carbonyl (C=O) groups is 2. The van der Waals surface area contributed by atoms with Crippen LogP contribution in [0, 0.1) is 0 Å². The van der Waals surface area contributed by atoms with E-state index in [0.717, 1.165) is 19.3 Å². The van der Waals surface area contributed by atoms with Crippen molar-refractivity contribution >= 4 is 23.8 Å². The Kier molecular flexibility index (Phi) is 5.97. The third-order valence-electron chi connectivity index (χ3n) is 4.08. The van der Waals surface area contributed by atoms with Crippen LogP contribution in [0.1, 0.15) is 39.5 Å². The number of aliphatic carboxylic acids is 1. The summed E-state index contributed by atoms with van der Waals surface area (Å²) < 4.78 is 0.0497. The summed E-state index contributed by atoms with van der Waals surface area (Å²) >= 11 is 1.76. The Bertz CT molecular complexity index is 324. The molecule has 0 aromatic carbocycles. The topological polar surface area (TPSA) is 69.6 Å². The van der Waals surface area contributed by atoms with Gasteiger partial charge in [0.15, 0.2) is 0 Å². The van der Waals surface area contributed by atoms with Gasteiger partial charge in [-0.05, 0) is 31.9 Å². The number of nitrogens with one attached hydrogen (secondary N) is 1. The molecule has 110 valence electrons. The van der Waals surface area contributed by atoms with Crippen molar-refractivity contribution in [1.82, 2.24) is 10.2 Å². The van der Waals surface area contributed by atoms with Gasteiger partial charge in [-0.25, -0.2) is 9.59 Å². The second kappa shape index (κ2) is 7.03. The van der Waals surface area contributed by atoms with Gasteiger partial charge in [-0.15, -0.1) is 0 Å². The second-order valence-corrected chi connectivity index (χ2v) is 6.22. The van der Waals surface area contributed by atoms with Gasteiger partial charge in [-0.1, -0.05) is 13.8 Å². The molecule has 19 heavy (non-hydrogen) atoms. The first kappa shape index (κ1) is 16.1. The van der Waals surface area contributed by atoms with E-state index in [1.807, 2.05) is 0 Å². The van der Waals surface area contributed by atoms with E-state index in [9.17, 15) is 9.59 Å². The Morgan fingerprint density at radius 1 is 1.42 bits per heavy atom. The monoisotopic (exact) mass is 288 g/mol. The van der Waals surface area contributed by atoms with Gasteiger partial charge < -0.3 is 15.3 Å². The van der Waals surface area contributed by atoms with Gasteiger partial charge in [-0.3, -0.25) is 0 Å². The molecule has 1 fully saturated rings. The van der Waals surface area contributed by atoms with Crippen molar-refractivity contribution in [3.8, 4) is 0 Å². The number of hydrogen-bond donors (Lipinski definition) is 2. The SMILES string of the molecule is CCC(CC)(CNC(=O)N1CCCC1C(=O)O)SC. The number of nitrogens with zero attached hydrogens (tertiary/aromatic N) is 1. The number of carboxylic acid groups (broad SMARTS) is 1. The summed E-state index contributed by atoms with van der Waals surface area (Å²) in [5, 5.41) is 12.0. The van der Waals surface area contributed by atoms with Gasteiger partial charge >= 0.3 is 12.0 Å². The normalized spacial score (nSPS) is 19.5. The highest BCUT2D eigenvalue weighted by Crippen LogP contribution is 2.29. The maximum atomic E-state index is 12.1. The van der Waals surface area contributed by atoms with E-state index in [-0.39, 0.29) is 10.8 Å². The molecule has 0 aromatic rings. The minimum atomic E-state index is -0.908. The summed E-state index contributed by atoms with van der Waals surface area (Å²) in [6, 6.07) is -0.905. The molecule has 0 bridgehead atoms. The number of urea groups is 1. The number of likely N-dealkylation sites (tertiary alicyclic amines) is 1. The number of hydrogen-bond acceptors (Lipinski definition) is 3. The largest absolute Gasteiger partial charge is 0.480 e. The molecule has 1 unspecified atom stereocenters. The van der Waals surface area contributed by atoms with Gasteiger partial charge in [0.1, 0.15) is 6.04 Å². The molecule has 1 saturated heterocycles. The van der Waals surface area contributed by atoms with Crippen LogP contribution in [0.15, 0.2) is 0 Å². The van der Waals surface area contributed by atoms with Crippen molar-refractivity contribution in [1.29, 1.82) is 0 Å². The second-order valence-electron chi connectivity index (χ2n) is 4.94. The summed E-state index contributed by atoms with van der Waals surface area (Å²) in [5.41, 5.74) is 0. The maximum Gasteiger partial charge on any atom is 0.326 e. The van der Waals surface area contributed by atoms with E-state index in [4.69, 9.17) is 5.11 Å². The van der Waals surface area contributed by atoms with Crippen LogP contribution in [-0.4, -0.2) is 52.1 Å². The molecule has 0 spiro atoms. The van der Waals surface area contributed by atoms with Crippen LogP contribution in [0.3, 0.4) is 0 Å². The first-order valence-corrected chi connectivity index (χ1v) is 8.04. The van der Waals surface area contributed by atoms with E-state index >= 15 is 0 Å². The van der Waals surface area contributed by atoms with Crippen LogP contribution in [0.4, 0.5) is 4.79 Å². The van der Waals surface area contributed by atoms with Crippen LogP contribution in [0.25, 0.3) is 0 Å². The molecular weight excluding hydrogens is 264 g/mol. The predicted octanol–water partition coefficient (Wildman–Crippen LogP) is 2.17. The fourth-order valence-corrected chi connectivity index (χ4v) is 3.26. The van der Waals surface area contributed by atoms with Crippen molar-refractivity contribution in [2.75, 3.05) is 19.3 Å². The van der Waals surface area contributed by atoms with Crippen molar-refractivity contribution in [2.45, 2.75) is 50.3 Å². The van der Waals surface area contributed by atoms with Gasteiger partial charge in [-0.2, -0.15) is 11.8 Å². The molecule has 5 nitrogen and oxygen atoms in total. The minimum Gasteiger partial charge on any atom is -0.480 e. The maximum absolute atomic E-state index is 12.1. The van der Waals surface area contributed by atoms with E-state index < -0.39 is 12.0 Å². The molecule has 1 aliphatic heterocycles. The van der Waals surface area contributed by atoms with E-state index in [1.165, 1.54) is 4.90 Å². The number of rotatable bonds is 6. The fourth-order valence-electron chi connectivity index (χ4n) is 2.47. The van der Waals surface area contributed by atoms with Gasteiger partial charge in [0, 0.05) is 17.8 Å². The lowest BCUT2D eigenvalue weighted by molar-refractivity contribution is -0.141.